The van der Waals surface area contributed by atoms with Crippen LogP contribution < -0.4 is 5.32 Å². The summed E-state index contributed by atoms with van der Waals surface area (Å²) in [5, 5.41) is 7.66. The van der Waals surface area contributed by atoms with Crippen LogP contribution in [0.15, 0.2) is 30.3 Å². The standard InChI is InChI=1S/C25H29N3O5/c1-6-12-17-20(24(30)32-7-2)21(25(31)33-8-3)22-19(16-13-10-9-11-14-16)18(15(4)29)23(26-5)27-28(17)22/h9-11,13-14H,6-8,12H2,1-5H3,(H,26,27). The van der Waals surface area contributed by atoms with Gasteiger partial charge < -0.3 is 14.8 Å². The Bertz CT molecular complexity index is 1200. The first kappa shape index (κ1) is 24.0. The maximum absolute atomic E-state index is 13.3. The summed E-state index contributed by atoms with van der Waals surface area (Å²) in [5.41, 5.74) is 2.65. The van der Waals surface area contributed by atoms with Crippen molar-refractivity contribution < 1.29 is 23.9 Å². The van der Waals surface area contributed by atoms with Crippen LogP contribution in [0.5, 0.6) is 0 Å². The number of carbonyl (C=O) groups excluding carboxylic acids is 3. The Morgan fingerprint density at radius 3 is 2.06 bits per heavy atom. The lowest BCUT2D eigenvalue weighted by Gasteiger charge is -2.16. The summed E-state index contributed by atoms with van der Waals surface area (Å²) in [6.07, 6.45) is 1.17. The quantitative estimate of drug-likeness (QED) is 0.376. The van der Waals surface area contributed by atoms with Crippen LogP contribution in [0.1, 0.15) is 70.9 Å². The van der Waals surface area contributed by atoms with Crippen molar-refractivity contribution in [3.05, 3.63) is 52.7 Å². The van der Waals surface area contributed by atoms with E-state index in [-0.39, 0.29) is 30.1 Å². The fourth-order valence-electron chi connectivity index (χ4n) is 4.03. The normalized spacial score (nSPS) is 10.8. The minimum Gasteiger partial charge on any atom is -0.462 e. The molecule has 0 aliphatic heterocycles. The number of esters is 2. The topological polar surface area (TPSA) is 99.0 Å². The molecule has 174 valence electrons. The molecule has 3 rings (SSSR count). The fourth-order valence-corrected chi connectivity index (χ4v) is 4.03. The first-order valence-electron chi connectivity index (χ1n) is 11.1. The third kappa shape index (κ3) is 4.33. The number of aryl methyl sites for hydroxylation is 1. The molecule has 0 radical (unpaired) electrons. The van der Waals surface area contributed by atoms with E-state index in [1.807, 2.05) is 37.3 Å². The van der Waals surface area contributed by atoms with Gasteiger partial charge in [-0.05, 0) is 32.8 Å². The minimum absolute atomic E-state index is 0.0651. The Morgan fingerprint density at radius 2 is 1.55 bits per heavy atom. The molecule has 3 aromatic rings. The van der Waals surface area contributed by atoms with Gasteiger partial charge in [-0.1, -0.05) is 43.7 Å². The molecule has 1 N–H and O–H groups in total. The van der Waals surface area contributed by atoms with Crippen molar-refractivity contribution in [3.63, 3.8) is 0 Å². The number of hydrogen-bond donors (Lipinski definition) is 1. The summed E-state index contributed by atoms with van der Waals surface area (Å²) in [6, 6.07) is 9.27. The third-order valence-electron chi connectivity index (χ3n) is 5.26. The van der Waals surface area contributed by atoms with Gasteiger partial charge in [0, 0.05) is 12.6 Å². The highest BCUT2D eigenvalue weighted by atomic mass is 16.5. The lowest BCUT2D eigenvalue weighted by Crippen LogP contribution is -2.14. The van der Waals surface area contributed by atoms with Crippen LogP contribution in [0.3, 0.4) is 0 Å². The van der Waals surface area contributed by atoms with E-state index in [0.717, 1.165) is 0 Å². The van der Waals surface area contributed by atoms with E-state index >= 15 is 0 Å². The van der Waals surface area contributed by atoms with Crippen molar-refractivity contribution >= 4 is 29.1 Å². The zero-order valence-electron chi connectivity index (χ0n) is 19.7. The summed E-state index contributed by atoms with van der Waals surface area (Å²) in [4.78, 5) is 39.2. The van der Waals surface area contributed by atoms with Crippen LogP contribution in [0.25, 0.3) is 16.6 Å². The van der Waals surface area contributed by atoms with Gasteiger partial charge in [0.05, 0.1) is 35.6 Å². The number of rotatable bonds is 9. The number of benzene rings is 1. The Balaban J connectivity index is 2.64. The summed E-state index contributed by atoms with van der Waals surface area (Å²) in [5.74, 6) is -1.15. The Hall–Kier alpha value is -3.68. The molecule has 8 nitrogen and oxygen atoms in total. The van der Waals surface area contributed by atoms with E-state index in [1.54, 1.807) is 25.4 Å². The van der Waals surface area contributed by atoms with Gasteiger partial charge in [0.15, 0.2) is 11.6 Å². The van der Waals surface area contributed by atoms with E-state index in [0.29, 0.717) is 46.6 Å². The van der Waals surface area contributed by atoms with Gasteiger partial charge in [-0.25, -0.2) is 14.1 Å². The van der Waals surface area contributed by atoms with Crippen molar-refractivity contribution in [2.75, 3.05) is 25.6 Å². The number of hydrogen-bond acceptors (Lipinski definition) is 7. The van der Waals surface area contributed by atoms with Crippen molar-refractivity contribution in [1.29, 1.82) is 0 Å². The number of ether oxygens (including phenoxy) is 2. The molecular weight excluding hydrogens is 422 g/mol. The molecule has 0 fully saturated rings. The predicted octanol–water partition coefficient (Wildman–Crippen LogP) is 4.55. The van der Waals surface area contributed by atoms with Crippen LogP contribution in [0.4, 0.5) is 5.82 Å². The van der Waals surface area contributed by atoms with Crippen LogP contribution in [0.2, 0.25) is 0 Å². The Morgan fingerprint density at radius 1 is 0.939 bits per heavy atom. The Labute approximate surface area is 192 Å². The van der Waals surface area contributed by atoms with Gasteiger partial charge in [-0.2, -0.15) is 0 Å². The van der Waals surface area contributed by atoms with Gasteiger partial charge in [0.1, 0.15) is 5.56 Å². The van der Waals surface area contributed by atoms with Crippen molar-refractivity contribution in [3.8, 4) is 11.1 Å². The van der Waals surface area contributed by atoms with Crippen molar-refractivity contribution in [1.82, 2.24) is 9.61 Å². The molecule has 0 bridgehead atoms. The summed E-state index contributed by atoms with van der Waals surface area (Å²) in [6.45, 7) is 7.11. The Kier molecular flexibility index (Phi) is 7.48. The number of carbonyl (C=O) groups is 3. The van der Waals surface area contributed by atoms with Crippen molar-refractivity contribution in [2.24, 2.45) is 0 Å². The molecular formula is C25H29N3O5. The number of Topliss-reactive ketones (excluding diaryl/α,β-unsaturated/α-hetero) is 1. The summed E-state index contributed by atoms with van der Waals surface area (Å²) < 4.78 is 12.3. The van der Waals surface area contributed by atoms with Crippen LogP contribution in [0, 0.1) is 0 Å². The number of ketones is 1. The molecule has 0 atom stereocenters. The molecule has 8 heteroatoms. The molecule has 33 heavy (non-hydrogen) atoms. The SMILES string of the molecule is CCCc1c(C(=O)OCC)c(C(=O)OCC)c2c(-c3ccccc3)c(C(C)=O)c(NC)nn12. The molecule has 0 spiro atoms. The van der Waals surface area contributed by atoms with Crippen LogP contribution >= 0.6 is 0 Å². The average molecular weight is 452 g/mol. The molecule has 0 amide bonds. The highest BCUT2D eigenvalue weighted by Gasteiger charge is 2.34. The summed E-state index contributed by atoms with van der Waals surface area (Å²) >= 11 is 0. The molecule has 2 aromatic heterocycles. The number of nitrogens with zero attached hydrogens (tertiary/aromatic N) is 2. The molecule has 0 unspecified atom stereocenters. The highest BCUT2D eigenvalue weighted by Crippen LogP contribution is 2.38. The first-order valence-corrected chi connectivity index (χ1v) is 11.1. The van der Waals surface area contributed by atoms with E-state index in [4.69, 9.17) is 9.47 Å². The second kappa shape index (κ2) is 10.3. The largest absolute Gasteiger partial charge is 0.462 e. The van der Waals surface area contributed by atoms with E-state index in [1.165, 1.54) is 6.92 Å². The van der Waals surface area contributed by atoms with E-state index < -0.39 is 11.9 Å². The smallest absolute Gasteiger partial charge is 0.341 e. The summed E-state index contributed by atoms with van der Waals surface area (Å²) in [7, 11) is 1.68. The molecule has 2 heterocycles. The second-order valence-corrected chi connectivity index (χ2v) is 7.42. The van der Waals surface area contributed by atoms with Crippen LogP contribution in [-0.2, 0) is 15.9 Å². The third-order valence-corrected chi connectivity index (χ3v) is 5.26. The molecule has 1 aromatic carbocycles. The molecule has 0 saturated carbocycles. The van der Waals surface area contributed by atoms with E-state index in [9.17, 15) is 14.4 Å². The molecule has 0 saturated heterocycles. The number of fused-ring (bicyclic) bond motifs is 1. The zero-order chi connectivity index (χ0) is 24.1. The van der Waals surface area contributed by atoms with Gasteiger partial charge in [0.2, 0.25) is 0 Å². The monoisotopic (exact) mass is 451 g/mol. The van der Waals surface area contributed by atoms with Gasteiger partial charge in [0.25, 0.3) is 0 Å². The number of anilines is 1. The average Bonchev–Trinajstić information content (AvgIpc) is 3.12. The highest BCUT2D eigenvalue weighted by molar-refractivity contribution is 6.16. The maximum Gasteiger partial charge on any atom is 0.341 e. The van der Waals surface area contributed by atoms with Crippen LogP contribution in [-0.4, -0.2) is 47.6 Å². The van der Waals surface area contributed by atoms with Gasteiger partial charge in [-0.15, -0.1) is 5.10 Å². The van der Waals surface area contributed by atoms with Gasteiger partial charge in [-0.3, -0.25) is 4.79 Å². The lowest BCUT2D eigenvalue weighted by molar-refractivity contribution is 0.0480. The lowest BCUT2D eigenvalue weighted by atomic mass is 9.95. The maximum atomic E-state index is 13.3. The second-order valence-electron chi connectivity index (χ2n) is 7.42. The van der Waals surface area contributed by atoms with Crippen molar-refractivity contribution in [2.45, 2.75) is 40.5 Å². The number of aromatic nitrogens is 2. The van der Waals surface area contributed by atoms with E-state index in [2.05, 4.69) is 10.4 Å². The minimum atomic E-state index is -0.661. The zero-order valence-corrected chi connectivity index (χ0v) is 19.7. The number of nitrogens with one attached hydrogen (secondary N) is 1. The fraction of sp³-hybridized carbons (Fsp3) is 0.360. The van der Waals surface area contributed by atoms with Gasteiger partial charge >= 0.3 is 11.9 Å². The molecule has 0 aliphatic rings. The first-order chi connectivity index (χ1) is 15.9. The molecule has 0 aliphatic carbocycles. The predicted molar refractivity (Wildman–Crippen MR) is 126 cm³/mol.